The highest BCUT2D eigenvalue weighted by Crippen LogP contribution is 2.40. The summed E-state index contributed by atoms with van der Waals surface area (Å²) in [6.07, 6.45) is 5.75. The molecule has 0 unspecified atom stereocenters. The van der Waals surface area contributed by atoms with Gasteiger partial charge in [-0.3, -0.25) is 0 Å². The summed E-state index contributed by atoms with van der Waals surface area (Å²) in [6, 6.07) is 12.4. The van der Waals surface area contributed by atoms with Gasteiger partial charge in [-0.1, -0.05) is 30.8 Å². The van der Waals surface area contributed by atoms with Crippen molar-refractivity contribution in [3.63, 3.8) is 0 Å². The van der Waals surface area contributed by atoms with Crippen LogP contribution in [0.25, 0.3) is 11.1 Å². The number of ether oxygens (including phenoxy) is 1. The van der Waals surface area contributed by atoms with Gasteiger partial charge in [-0.15, -0.1) is 0 Å². The molecule has 6 heteroatoms. The molecule has 0 aromatic heterocycles. The number of benzene rings is 2. The fourth-order valence-electron chi connectivity index (χ4n) is 4.81. The van der Waals surface area contributed by atoms with Gasteiger partial charge >= 0.3 is 0 Å². The number of hydrogen-bond donors (Lipinski definition) is 1. The largest absolute Gasteiger partial charge is 0.489 e. The molecule has 0 bridgehead atoms. The molecule has 0 amide bonds. The van der Waals surface area contributed by atoms with Crippen LogP contribution in [0.15, 0.2) is 60.7 Å². The minimum atomic E-state index is -1.57. The van der Waals surface area contributed by atoms with Gasteiger partial charge in [0.25, 0.3) is 6.08 Å². The van der Waals surface area contributed by atoms with E-state index in [1.165, 1.54) is 18.2 Å². The number of halogens is 2. The monoisotopic (exact) mass is 486 g/mol. The molecule has 1 N–H and O–H groups in total. The van der Waals surface area contributed by atoms with Crippen molar-refractivity contribution in [3.8, 4) is 22.6 Å². The molecule has 1 aliphatic rings. The summed E-state index contributed by atoms with van der Waals surface area (Å²) in [5.41, 5.74) is 5.38. The van der Waals surface area contributed by atoms with Crippen molar-refractivity contribution in [2.45, 2.75) is 57.8 Å². The number of hydrogen-bond acceptors (Lipinski definition) is 4. The Balaban J connectivity index is 1.68. The predicted octanol–water partition coefficient (Wildman–Crippen LogP) is 7.75. The third kappa shape index (κ3) is 7.91. The smallest absolute Gasteiger partial charge is 0.266 e. The van der Waals surface area contributed by atoms with E-state index in [0.29, 0.717) is 48.4 Å². The third-order valence-corrected chi connectivity index (χ3v) is 6.81. The van der Waals surface area contributed by atoms with E-state index in [1.54, 1.807) is 0 Å². The minimum absolute atomic E-state index is 0.0610. The van der Waals surface area contributed by atoms with Gasteiger partial charge in [-0.05, 0) is 103 Å². The molecule has 1 aliphatic carbocycles. The Morgan fingerprint density at radius 1 is 1.09 bits per heavy atom. The predicted molar refractivity (Wildman–Crippen MR) is 135 cm³/mol. The van der Waals surface area contributed by atoms with Crippen LogP contribution in [0.2, 0.25) is 0 Å². The Labute approximate surface area is 207 Å². The molecule has 0 heterocycles. The first-order chi connectivity index (χ1) is 16.9. The number of rotatable bonds is 12. The number of allylic oxidation sites excluding steroid dienone is 1. The summed E-state index contributed by atoms with van der Waals surface area (Å²) in [6.45, 7) is 6.23. The minimum Gasteiger partial charge on any atom is -0.489 e. The standard InChI is InChI=1S/C29H36F2O4/c1-20(19-32)15-16-34-28-18-25(12-14-27(28)35-33-3)26-13-11-24(17-21(26)2)23-9-7-22(8-10-23)5-4-6-29(30)31/h6,11-14,17-18,22-23,32H,1,4-5,7-10,15-16,19H2,2-3H3. The topological polar surface area (TPSA) is 47.9 Å². The van der Waals surface area contributed by atoms with Gasteiger partial charge in [0, 0.05) is 6.42 Å². The van der Waals surface area contributed by atoms with E-state index in [-0.39, 0.29) is 6.61 Å². The lowest BCUT2D eigenvalue weighted by Gasteiger charge is -2.29. The lowest BCUT2D eigenvalue weighted by molar-refractivity contribution is -0.179. The van der Waals surface area contributed by atoms with E-state index >= 15 is 0 Å². The molecule has 3 rings (SSSR count). The van der Waals surface area contributed by atoms with E-state index in [0.717, 1.165) is 49.3 Å². The van der Waals surface area contributed by atoms with Gasteiger partial charge in [0.1, 0.15) is 0 Å². The first-order valence-electron chi connectivity index (χ1n) is 12.3. The molecule has 0 saturated heterocycles. The summed E-state index contributed by atoms with van der Waals surface area (Å²) in [4.78, 5) is 10.1. The Bertz CT molecular complexity index is 1010. The molecule has 0 atom stereocenters. The summed E-state index contributed by atoms with van der Waals surface area (Å²) in [7, 11) is 1.45. The van der Waals surface area contributed by atoms with Crippen molar-refractivity contribution in [1.29, 1.82) is 0 Å². The molecule has 2 aromatic carbocycles. The first kappa shape index (κ1) is 26.9. The second kappa shape index (κ2) is 13.4. The van der Waals surface area contributed by atoms with Crippen LogP contribution >= 0.6 is 0 Å². The Morgan fingerprint density at radius 2 is 1.86 bits per heavy atom. The first-order valence-corrected chi connectivity index (χ1v) is 12.3. The molecule has 0 radical (unpaired) electrons. The van der Waals surface area contributed by atoms with Gasteiger partial charge in [-0.25, -0.2) is 0 Å². The second-order valence-corrected chi connectivity index (χ2v) is 9.28. The Hall–Kier alpha value is -2.70. The average molecular weight is 487 g/mol. The molecular weight excluding hydrogens is 450 g/mol. The van der Waals surface area contributed by atoms with E-state index < -0.39 is 6.08 Å². The van der Waals surface area contributed by atoms with Crippen LogP contribution in [0, 0.1) is 12.8 Å². The number of aryl methyl sites for hydroxylation is 1. The van der Waals surface area contributed by atoms with Gasteiger partial charge in [0.15, 0.2) is 5.75 Å². The zero-order valence-corrected chi connectivity index (χ0v) is 20.7. The van der Waals surface area contributed by atoms with Gasteiger partial charge < -0.3 is 14.7 Å². The van der Waals surface area contributed by atoms with Crippen LogP contribution in [0.4, 0.5) is 8.78 Å². The maximum absolute atomic E-state index is 12.3. The summed E-state index contributed by atoms with van der Waals surface area (Å²) in [5, 5.41) is 9.15. The molecule has 1 fully saturated rings. The van der Waals surface area contributed by atoms with Crippen LogP contribution in [0.3, 0.4) is 0 Å². The maximum atomic E-state index is 12.3. The third-order valence-electron chi connectivity index (χ3n) is 6.81. The van der Waals surface area contributed by atoms with Crippen molar-refractivity contribution >= 4 is 0 Å². The SMILES string of the molecule is C=C(CO)CCOc1cc(-c2ccc(C3CCC(CCC=C(F)F)CC3)cc2C)ccc1OOC. The lowest BCUT2D eigenvalue weighted by atomic mass is 9.76. The fourth-order valence-corrected chi connectivity index (χ4v) is 4.81. The lowest BCUT2D eigenvalue weighted by Crippen LogP contribution is -2.13. The zero-order chi connectivity index (χ0) is 25.2. The van der Waals surface area contributed by atoms with E-state index in [2.05, 4.69) is 31.7 Å². The molecular formula is C29H36F2O4. The van der Waals surface area contributed by atoms with Crippen molar-refractivity contribution < 1.29 is 28.4 Å². The quantitative estimate of drug-likeness (QED) is 0.189. The zero-order valence-electron chi connectivity index (χ0n) is 20.7. The molecule has 0 spiro atoms. The van der Waals surface area contributed by atoms with E-state index in [1.807, 2.05) is 18.2 Å². The average Bonchev–Trinajstić information content (AvgIpc) is 2.85. The number of aliphatic hydroxyl groups excluding tert-OH is 1. The highest BCUT2D eigenvalue weighted by atomic mass is 19.3. The Kier molecular flexibility index (Phi) is 10.3. The van der Waals surface area contributed by atoms with Gasteiger partial charge in [0.2, 0.25) is 5.75 Å². The van der Waals surface area contributed by atoms with Crippen molar-refractivity contribution in [2.24, 2.45) is 5.92 Å². The highest BCUT2D eigenvalue weighted by Gasteiger charge is 2.22. The second-order valence-electron chi connectivity index (χ2n) is 9.28. The normalized spacial score (nSPS) is 17.6. The van der Waals surface area contributed by atoms with E-state index in [4.69, 9.17) is 19.6 Å². The van der Waals surface area contributed by atoms with Crippen LogP contribution < -0.4 is 9.62 Å². The maximum Gasteiger partial charge on any atom is 0.266 e. The Morgan fingerprint density at radius 3 is 2.51 bits per heavy atom. The summed E-state index contributed by atoms with van der Waals surface area (Å²) in [5.74, 6) is 2.12. The van der Waals surface area contributed by atoms with Crippen LogP contribution in [-0.2, 0) is 4.89 Å². The molecule has 2 aromatic rings. The van der Waals surface area contributed by atoms with Gasteiger partial charge in [-0.2, -0.15) is 13.7 Å². The van der Waals surface area contributed by atoms with Crippen LogP contribution in [0.5, 0.6) is 11.5 Å². The summed E-state index contributed by atoms with van der Waals surface area (Å²) < 4.78 is 30.5. The van der Waals surface area contributed by atoms with Crippen LogP contribution in [0.1, 0.15) is 62.0 Å². The molecule has 190 valence electrons. The van der Waals surface area contributed by atoms with Gasteiger partial charge in [0.05, 0.1) is 20.3 Å². The molecule has 0 aliphatic heterocycles. The van der Waals surface area contributed by atoms with Crippen LogP contribution in [-0.4, -0.2) is 25.4 Å². The van der Waals surface area contributed by atoms with Crippen molar-refractivity contribution in [2.75, 3.05) is 20.3 Å². The van der Waals surface area contributed by atoms with Crippen molar-refractivity contribution in [3.05, 3.63) is 71.8 Å². The molecule has 4 nitrogen and oxygen atoms in total. The molecule has 35 heavy (non-hydrogen) atoms. The fraction of sp³-hybridized carbons (Fsp3) is 0.448. The summed E-state index contributed by atoms with van der Waals surface area (Å²) >= 11 is 0. The number of aliphatic hydroxyl groups is 1. The van der Waals surface area contributed by atoms with Crippen molar-refractivity contribution in [1.82, 2.24) is 0 Å². The van der Waals surface area contributed by atoms with E-state index in [9.17, 15) is 8.78 Å². The highest BCUT2D eigenvalue weighted by molar-refractivity contribution is 5.70. The molecule has 1 saturated carbocycles.